The molecule has 1 aliphatic rings. The molecule has 0 saturated heterocycles. The Labute approximate surface area is 101 Å². The van der Waals surface area contributed by atoms with E-state index in [0.717, 1.165) is 37.6 Å². The second kappa shape index (κ2) is 8.08. The highest BCUT2D eigenvalue weighted by atomic mass is 16.5. The van der Waals surface area contributed by atoms with Crippen LogP contribution in [0.2, 0.25) is 0 Å². The molecule has 2 atom stereocenters. The van der Waals surface area contributed by atoms with Gasteiger partial charge in [0.15, 0.2) is 0 Å². The van der Waals surface area contributed by atoms with Crippen LogP contribution in [-0.2, 0) is 4.74 Å². The average Bonchev–Trinajstić information content (AvgIpc) is 2.69. The normalized spacial score (nSPS) is 25.5. The second-order valence-electron chi connectivity index (χ2n) is 5.42. The van der Waals surface area contributed by atoms with Gasteiger partial charge in [-0.1, -0.05) is 26.7 Å². The van der Waals surface area contributed by atoms with E-state index in [0.29, 0.717) is 0 Å². The number of rotatable bonds is 8. The van der Waals surface area contributed by atoms with E-state index in [2.05, 4.69) is 26.1 Å². The molecule has 0 radical (unpaired) electrons. The van der Waals surface area contributed by atoms with E-state index in [1.54, 1.807) is 0 Å². The Kier molecular flexibility index (Phi) is 7.06. The predicted molar refractivity (Wildman–Crippen MR) is 69.7 cm³/mol. The summed E-state index contributed by atoms with van der Waals surface area (Å²) in [6.45, 7) is 9.43. The first-order valence-electron chi connectivity index (χ1n) is 7.05. The maximum absolute atomic E-state index is 5.36. The lowest BCUT2D eigenvalue weighted by atomic mass is 9.94. The molecule has 96 valence electrons. The van der Waals surface area contributed by atoms with Gasteiger partial charge in [0.25, 0.3) is 0 Å². The SMILES string of the molecule is CCOCCNC1CCCC1CCC(C)C. The highest BCUT2D eigenvalue weighted by Gasteiger charge is 2.26. The lowest BCUT2D eigenvalue weighted by Gasteiger charge is -2.21. The van der Waals surface area contributed by atoms with Crippen LogP contribution in [-0.4, -0.2) is 25.8 Å². The van der Waals surface area contributed by atoms with Gasteiger partial charge in [-0.2, -0.15) is 0 Å². The largest absolute Gasteiger partial charge is 0.380 e. The summed E-state index contributed by atoms with van der Waals surface area (Å²) < 4.78 is 5.36. The monoisotopic (exact) mass is 227 g/mol. The fraction of sp³-hybridized carbons (Fsp3) is 1.00. The molecule has 2 heteroatoms. The third-order valence-corrected chi connectivity index (χ3v) is 3.63. The van der Waals surface area contributed by atoms with Crippen molar-refractivity contribution in [3.63, 3.8) is 0 Å². The zero-order chi connectivity index (χ0) is 11.8. The minimum absolute atomic E-state index is 0.763. The third kappa shape index (κ3) is 5.31. The molecule has 1 saturated carbocycles. The van der Waals surface area contributed by atoms with Crippen LogP contribution in [0.15, 0.2) is 0 Å². The zero-order valence-electron chi connectivity index (χ0n) is 11.3. The van der Waals surface area contributed by atoms with Gasteiger partial charge in [0.2, 0.25) is 0 Å². The van der Waals surface area contributed by atoms with Gasteiger partial charge >= 0.3 is 0 Å². The van der Waals surface area contributed by atoms with Crippen molar-refractivity contribution < 1.29 is 4.74 Å². The summed E-state index contributed by atoms with van der Waals surface area (Å²) in [5, 5.41) is 3.67. The Morgan fingerprint density at radius 3 is 2.81 bits per heavy atom. The molecule has 1 aliphatic carbocycles. The Bertz CT molecular complexity index is 170. The van der Waals surface area contributed by atoms with Crippen LogP contribution in [0, 0.1) is 11.8 Å². The maximum Gasteiger partial charge on any atom is 0.0590 e. The molecule has 1 fully saturated rings. The lowest BCUT2D eigenvalue weighted by molar-refractivity contribution is 0.144. The zero-order valence-corrected chi connectivity index (χ0v) is 11.3. The smallest absolute Gasteiger partial charge is 0.0590 e. The summed E-state index contributed by atoms with van der Waals surface area (Å²) in [4.78, 5) is 0. The van der Waals surface area contributed by atoms with Crippen molar-refractivity contribution in [1.82, 2.24) is 5.32 Å². The molecule has 0 spiro atoms. The van der Waals surface area contributed by atoms with Gasteiger partial charge in [-0.25, -0.2) is 0 Å². The summed E-state index contributed by atoms with van der Waals surface area (Å²) in [6.07, 6.45) is 7.00. The van der Waals surface area contributed by atoms with Gasteiger partial charge in [-0.3, -0.25) is 0 Å². The summed E-state index contributed by atoms with van der Waals surface area (Å²) in [5.74, 6) is 1.77. The van der Waals surface area contributed by atoms with Crippen molar-refractivity contribution in [2.75, 3.05) is 19.8 Å². The third-order valence-electron chi connectivity index (χ3n) is 3.63. The molecule has 16 heavy (non-hydrogen) atoms. The molecular formula is C14H29NO. The van der Waals surface area contributed by atoms with Gasteiger partial charge in [0, 0.05) is 19.2 Å². The van der Waals surface area contributed by atoms with Crippen molar-refractivity contribution in [3.8, 4) is 0 Å². The molecule has 0 amide bonds. The molecule has 2 nitrogen and oxygen atoms in total. The highest BCUT2D eigenvalue weighted by Crippen LogP contribution is 2.30. The Hall–Kier alpha value is -0.0800. The number of hydrogen-bond acceptors (Lipinski definition) is 2. The fourth-order valence-electron chi connectivity index (χ4n) is 2.66. The van der Waals surface area contributed by atoms with Crippen LogP contribution in [0.1, 0.15) is 52.9 Å². The van der Waals surface area contributed by atoms with Crippen LogP contribution >= 0.6 is 0 Å². The number of ether oxygens (including phenoxy) is 1. The van der Waals surface area contributed by atoms with E-state index in [-0.39, 0.29) is 0 Å². The van der Waals surface area contributed by atoms with Gasteiger partial charge in [0.1, 0.15) is 0 Å². The quantitative estimate of drug-likeness (QED) is 0.643. The minimum Gasteiger partial charge on any atom is -0.380 e. The predicted octanol–water partition coefficient (Wildman–Crippen LogP) is 3.22. The van der Waals surface area contributed by atoms with Crippen molar-refractivity contribution in [2.45, 2.75) is 58.9 Å². The van der Waals surface area contributed by atoms with E-state index < -0.39 is 0 Å². The summed E-state index contributed by atoms with van der Waals surface area (Å²) in [7, 11) is 0. The van der Waals surface area contributed by atoms with E-state index >= 15 is 0 Å². The Balaban J connectivity index is 2.13. The van der Waals surface area contributed by atoms with Crippen LogP contribution < -0.4 is 5.32 Å². The first-order chi connectivity index (χ1) is 7.74. The lowest BCUT2D eigenvalue weighted by Crippen LogP contribution is -2.34. The molecule has 0 aromatic heterocycles. The Morgan fingerprint density at radius 1 is 1.31 bits per heavy atom. The molecule has 0 aliphatic heterocycles. The second-order valence-corrected chi connectivity index (χ2v) is 5.42. The molecular weight excluding hydrogens is 198 g/mol. The van der Waals surface area contributed by atoms with Crippen LogP contribution in [0.3, 0.4) is 0 Å². The van der Waals surface area contributed by atoms with E-state index in [4.69, 9.17) is 4.74 Å². The molecule has 0 heterocycles. The fourth-order valence-corrected chi connectivity index (χ4v) is 2.66. The van der Waals surface area contributed by atoms with E-state index in [1.165, 1.54) is 32.1 Å². The standard InChI is InChI=1S/C14H29NO/c1-4-16-11-10-15-14-7-5-6-13(14)9-8-12(2)3/h12-15H,4-11H2,1-3H3. The van der Waals surface area contributed by atoms with Crippen molar-refractivity contribution in [3.05, 3.63) is 0 Å². The van der Waals surface area contributed by atoms with Crippen molar-refractivity contribution in [2.24, 2.45) is 11.8 Å². The van der Waals surface area contributed by atoms with Gasteiger partial charge in [-0.15, -0.1) is 0 Å². The topological polar surface area (TPSA) is 21.3 Å². The maximum atomic E-state index is 5.36. The first kappa shape index (κ1) is 14.0. The number of nitrogens with one attached hydrogen (secondary N) is 1. The van der Waals surface area contributed by atoms with Gasteiger partial charge in [-0.05, 0) is 38.0 Å². The molecule has 0 aromatic rings. The molecule has 0 aromatic carbocycles. The van der Waals surface area contributed by atoms with Crippen molar-refractivity contribution in [1.29, 1.82) is 0 Å². The summed E-state index contributed by atoms with van der Waals surface area (Å²) >= 11 is 0. The van der Waals surface area contributed by atoms with Crippen molar-refractivity contribution >= 4 is 0 Å². The highest BCUT2D eigenvalue weighted by molar-refractivity contribution is 4.83. The Morgan fingerprint density at radius 2 is 2.12 bits per heavy atom. The molecule has 1 rings (SSSR count). The molecule has 1 N–H and O–H groups in total. The summed E-state index contributed by atoms with van der Waals surface area (Å²) in [5.41, 5.74) is 0. The van der Waals surface area contributed by atoms with E-state index in [1.807, 2.05) is 0 Å². The van der Waals surface area contributed by atoms with Crippen LogP contribution in [0.4, 0.5) is 0 Å². The van der Waals surface area contributed by atoms with Gasteiger partial charge < -0.3 is 10.1 Å². The molecule has 2 unspecified atom stereocenters. The summed E-state index contributed by atoms with van der Waals surface area (Å²) in [6, 6.07) is 0.763. The average molecular weight is 227 g/mol. The number of hydrogen-bond donors (Lipinski definition) is 1. The minimum atomic E-state index is 0.763. The van der Waals surface area contributed by atoms with E-state index in [9.17, 15) is 0 Å². The van der Waals surface area contributed by atoms with Crippen LogP contribution in [0.5, 0.6) is 0 Å². The van der Waals surface area contributed by atoms with Crippen LogP contribution in [0.25, 0.3) is 0 Å². The first-order valence-corrected chi connectivity index (χ1v) is 7.05. The van der Waals surface area contributed by atoms with Gasteiger partial charge in [0.05, 0.1) is 6.61 Å². The molecule has 0 bridgehead atoms.